The van der Waals surface area contributed by atoms with Crippen molar-refractivity contribution in [3.8, 4) is 90.6 Å². The summed E-state index contributed by atoms with van der Waals surface area (Å²) in [4.78, 5) is 84.9. The smallest absolute Gasteiger partial charge is 0.181 e. The molecule has 0 atom stereocenters. The Labute approximate surface area is 586 Å². The zero-order valence-electron chi connectivity index (χ0n) is 55.6. The molecule has 20 aromatic rings. The van der Waals surface area contributed by atoms with Gasteiger partial charge in [-0.15, -0.1) is 0 Å². The average Bonchev–Trinajstić information content (AvgIpc) is 1.64. The minimum absolute atomic E-state index is 0.334. The highest BCUT2D eigenvalue weighted by Crippen LogP contribution is 2.35. The molecule has 0 spiro atoms. The number of anilines is 3. The third-order valence-corrected chi connectivity index (χ3v) is 16.9. The van der Waals surface area contributed by atoms with Crippen LogP contribution in [-0.4, -0.2) is 161 Å². The molecule has 0 aliphatic heterocycles. The van der Waals surface area contributed by atoms with Crippen LogP contribution in [0.25, 0.3) is 179 Å². The van der Waals surface area contributed by atoms with E-state index in [1.807, 2.05) is 117 Å². The molecular weight excluding hydrogens is 1310 g/mol. The third kappa shape index (κ3) is 12.5. The quantitative estimate of drug-likeness (QED) is 0.0575. The molecule has 0 bridgehead atoms. The van der Waals surface area contributed by atoms with Crippen molar-refractivity contribution in [2.75, 3.05) is 30.0 Å². The van der Waals surface area contributed by atoms with Crippen LogP contribution in [0.5, 0.6) is 0 Å². The molecule has 0 fully saturated rings. The summed E-state index contributed by atoms with van der Waals surface area (Å²) in [5.74, 6) is 2.82. The number of H-pyrrole nitrogens is 8. The number of nitrogens with zero attached hydrogens (tertiary/aromatic N) is 21. The molecule has 20 aromatic heterocycles. The molecule has 0 unspecified atom stereocenters. The number of aromatic amines is 8. The molecule has 0 saturated heterocycles. The lowest BCUT2D eigenvalue weighted by molar-refractivity contribution is 0.898. The Morgan fingerprint density at radius 2 is 0.692 bits per heavy atom. The number of imidazole rings is 4. The average molecular weight is 1370 g/mol. The molecule has 104 heavy (non-hydrogen) atoms. The molecule has 31 nitrogen and oxygen atoms in total. The Balaban J connectivity index is 0.000000103. The topological polar surface area (TPSA) is 425 Å². The predicted molar refractivity (Wildman–Crippen MR) is 398 cm³/mol. The number of aromatic nitrogens is 28. The molecule has 11 N–H and O–H groups in total. The lowest BCUT2D eigenvalue weighted by Crippen LogP contribution is -2.09. The van der Waals surface area contributed by atoms with Gasteiger partial charge in [0.05, 0.1) is 114 Å². The SMILES string of the molecule is CC(C)Nc1cncc(-c2cnc3n[nH]c(-c4nc5ccncc5[nH]4)c3c2)c1.CN(C)c1cncc(-c2cnc3n[nH]c(-c4nc5ccncc5[nH]4)c3c2)c1.Nc1cncc(-c2cnc3n[nH]c(-c4nc5ccncc5[nH]4)c3c2)c1.c1cncc(-c2cnc3n[nH]c(-c4nc5ccncc5[nH]4)c3c2)c1. The number of fused-ring (bicyclic) bond motifs is 8. The Bertz CT molecular complexity index is 6360. The van der Waals surface area contributed by atoms with Gasteiger partial charge in [0.25, 0.3) is 0 Å². The van der Waals surface area contributed by atoms with Crippen molar-refractivity contribution in [3.63, 3.8) is 0 Å². The second kappa shape index (κ2) is 26.7. The lowest BCUT2D eigenvalue weighted by atomic mass is 10.1. The van der Waals surface area contributed by atoms with Gasteiger partial charge in [0, 0.05) is 158 Å². The van der Waals surface area contributed by atoms with Gasteiger partial charge in [-0.1, -0.05) is 6.07 Å². The Hall–Kier alpha value is -15.0. The summed E-state index contributed by atoms with van der Waals surface area (Å²) in [6, 6.07) is 25.9. The monoisotopic (exact) mass is 1370 g/mol. The van der Waals surface area contributed by atoms with E-state index in [4.69, 9.17) is 5.73 Å². The molecule has 0 aromatic carbocycles. The van der Waals surface area contributed by atoms with E-state index in [9.17, 15) is 0 Å². The molecule has 0 saturated carbocycles. The summed E-state index contributed by atoms with van der Waals surface area (Å²) in [6.07, 6.45) is 35.3. The Morgan fingerprint density at radius 1 is 0.346 bits per heavy atom. The molecule has 0 aliphatic rings. The number of hydrogen-bond acceptors (Lipinski definition) is 23. The van der Waals surface area contributed by atoms with E-state index in [0.29, 0.717) is 57.6 Å². The van der Waals surface area contributed by atoms with Crippen molar-refractivity contribution < 1.29 is 0 Å². The van der Waals surface area contributed by atoms with Crippen LogP contribution >= 0.6 is 0 Å². The fourth-order valence-electron chi connectivity index (χ4n) is 11.8. The maximum atomic E-state index is 5.83. The van der Waals surface area contributed by atoms with Gasteiger partial charge in [0.1, 0.15) is 22.8 Å². The Kier molecular flexibility index (Phi) is 16.0. The van der Waals surface area contributed by atoms with Gasteiger partial charge < -0.3 is 35.9 Å². The van der Waals surface area contributed by atoms with Crippen molar-refractivity contribution in [2.45, 2.75) is 19.9 Å². The summed E-state index contributed by atoms with van der Waals surface area (Å²) in [5.41, 5.74) is 28.8. The standard InChI is InChI=1S/C20H18N8.C19H16N8.C17H12N8.C17H11N7/c1-11(2)24-14-5-12(7-22-9-14)13-6-15-18(27-28-19(15)23-8-13)20-25-16-3-4-21-10-17(16)26-20;1-27(2)13-5-11(7-21-9-13)12-6-14-17(25-26-18(14)22-8-12)19-23-15-3-4-20-10-16(15)24-19;18-11-3-9(5-20-7-11)10-4-12-15(24-25-16(12)21-6-10)17-22-13-1-2-19-8-14(13)23-17;1-2-10(7-18-4-1)11-6-12-15(23-24-16(12)20-8-11)17-21-13-3-5-19-9-14(13)22-17/h3-11,24H,1-2H3,(H,25,26)(H,23,27,28);3-10H,1-2H3,(H,23,24)(H,22,25,26);1-8H,18H2,(H,22,23)(H,21,24,25);1-9H,(H,21,22)(H,20,23,24). The number of hydrogen-bond donors (Lipinski definition) is 10. The van der Waals surface area contributed by atoms with Gasteiger partial charge in [0.2, 0.25) is 0 Å². The van der Waals surface area contributed by atoms with Crippen LogP contribution in [0.1, 0.15) is 13.8 Å². The van der Waals surface area contributed by atoms with E-state index in [1.165, 1.54) is 0 Å². The minimum Gasteiger partial charge on any atom is -0.397 e. The van der Waals surface area contributed by atoms with Crippen LogP contribution in [0.15, 0.2) is 203 Å². The highest BCUT2D eigenvalue weighted by atomic mass is 15.2. The van der Waals surface area contributed by atoms with Crippen LogP contribution in [0, 0.1) is 0 Å². The van der Waals surface area contributed by atoms with E-state index in [0.717, 1.165) is 144 Å². The number of nitrogen functional groups attached to an aromatic ring is 1. The maximum absolute atomic E-state index is 5.83. The van der Waals surface area contributed by atoms with Crippen molar-refractivity contribution in [1.29, 1.82) is 0 Å². The zero-order valence-corrected chi connectivity index (χ0v) is 55.6. The van der Waals surface area contributed by atoms with Crippen molar-refractivity contribution in [2.24, 2.45) is 0 Å². The van der Waals surface area contributed by atoms with Gasteiger partial charge in [-0.3, -0.25) is 60.3 Å². The third-order valence-electron chi connectivity index (χ3n) is 16.9. The lowest BCUT2D eigenvalue weighted by Gasteiger charge is -2.12. The molecule has 0 radical (unpaired) electrons. The summed E-state index contributed by atoms with van der Waals surface area (Å²) in [5, 5.41) is 36.3. The van der Waals surface area contributed by atoms with Crippen LogP contribution in [0.4, 0.5) is 17.1 Å². The van der Waals surface area contributed by atoms with Crippen molar-refractivity contribution in [1.82, 2.24) is 140 Å². The van der Waals surface area contributed by atoms with E-state index in [-0.39, 0.29) is 0 Å². The molecule has 504 valence electrons. The second-order valence-electron chi connectivity index (χ2n) is 24.5. The van der Waals surface area contributed by atoms with Crippen molar-refractivity contribution in [3.05, 3.63) is 203 Å². The number of nitrogens with two attached hydrogens (primary N) is 1. The molecule has 0 amide bonds. The molecule has 31 heteroatoms. The van der Waals surface area contributed by atoms with E-state index < -0.39 is 0 Å². The summed E-state index contributed by atoms with van der Waals surface area (Å²) in [7, 11) is 3.99. The number of nitrogens with one attached hydrogen (secondary N) is 9. The Morgan fingerprint density at radius 3 is 1.06 bits per heavy atom. The number of pyridine rings is 12. The second-order valence-corrected chi connectivity index (χ2v) is 24.5. The van der Waals surface area contributed by atoms with E-state index >= 15 is 0 Å². The highest BCUT2D eigenvalue weighted by molar-refractivity contribution is 5.97. The molecule has 20 rings (SSSR count). The predicted octanol–water partition coefficient (Wildman–Crippen LogP) is 12.3. The van der Waals surface area contributed by atoms with Crippen LogP contribution in [0.2, 0.25) is 0 Å². The normalized spacial score (nSPS) is 11.4. The van der Waals surface area contributed by atoms with E-state index in [1.54, 1.807) is 80.6 Å². The first-order chi connectivity index (χ1) is 51.0. The maximum Gasteiger partial charge on any atom is 0.181 e. The minimum atomic E-state index is 0.334. The van der Waals surface area contributed by atoms with Gasteiger partial charge in [-0.05, 0) is 86.6 Å². The van der Waals surface area contributed by atoms with E-state index in [2.05, 4.69) is 184 Å². The first kappa shape index (κ1) is 62.5. The van der Waals surface area contributed by atoms with Gasteiger partial charge in [-0.25, -0.2) is 39.9 Å². The molecule has 0 aliphatic carbocycles. The van der Waals surface area contributed by atoms with Crippen LogP contribution < -0.4 is 16.0 Å². The first-order valence-electron chi connectivity index (χ1n) is 32.6. The summed E-state index contributed by atoms with van der Waals surface area (Å²) >= 11 is 0. The van der Waals surface area contributed by atoms with Crippen LogP contribution in [0.3, 0.4) is 0 Å². The molecule has 20 heterocycles. The fraction of sp³-hybridized carbons (Fsp3) is 0.0685. The summed E-state index contributed by atoms with van der Waals surface area (Å²) < 4.78 is 0. The highest BCUT2D eigenvalue weighted by Gasteiger charge is 2.20. The first-order valence-corrected chi connectivity index (χ1v) is 32.6. The fourth-order valence-corrected chi connectivity index (χ4v) is 11.8. The van der Waals surface area contributed by atoms with Gasteiger partial charge >= 0.3 is 0 Å². The van der Waals surface area contributed by atoms with Gasteiger partial charge in [0.15, 0.2) is 45.9 Å². The zero-order chi connectivity index (χ0) is 70.2. The largest absolute Gasteiger partial charge is 0.397 e. The van der Waals surface area contributed by atoms with Crippen molar-refractivity contribution >= 4 is 105 Å². The van der Waals surface area contributed by atoms with Gasteiger partial charge in [-0.2, -0.15) is 20.4 Å². The summed E-state index contributed by atoms with van der Waals surface area (Å²) in [6.45, 7) is 4.20. The number of rotatable bonds is 11. The van der Waals surface area contributed by atoms with Crippen LogP contribution in [-0.2, 0) is 0 Å². The molecular formula is C73H57N31.